The van der Waals surface area contributed by atoms with Crippen molar-refractivity contribution in [3.05, 3.63) is 99.1 Å². The van der Waals surface area contributed by atoms with E-state index in [1.54, 1.807) is 41.3 Å². The number of benzene rings is 2. The molecule has 0 N–H and O–H groups in total. The predicted molar refractivity (Wildman–Crippen MR) is 132 cm³/mol. The molecule has 4 rings (SSSR count). The fourth-order valence-corrected chi connectivity index (χ4v) is 3.85. The van der Waals surface area contributed by atoms with Crippen LogP contribution in [-0.4, -0.2) is 31.9 Å². The lowest BCUT2D eigenvalue weighted by atomic mass is 10.2. The number of fused-ring (bicyclic) bond motifs is 1. The van der Waals surface area contributed by atoms with Gasteiger partial charge < -0.3 is 4.90 Å². The van der Waals surface area contributed by atoms with Crippen molar-refractivity contribution in [3.8, 4) is 5.69 Å². The third-order valence-electron chi connectivity index (χ3n) is 5.36. The van der Waals surface area contributed by atoms with Crippen LogP contribution in [0.3, 0.4) is 0 Å². The lowest BCUT2D eigenvalue weighted by molar-refractivity contribution is -0.129. The molecule has 4 aromatic rings. The number of hydrogen-bond donors (Lipinski definition) is 0. The maximum absolute atomic E-state index is 13.9. The minimum absolute atomic E-state index is 0.0224. The van der Waals surface area contributed by atoms with Gasteiger partial charge in [0.25, 0.3) is 5.56 Å². The van der Waals surface area contributed by atoms with Crippen molar-refractivity contribution < 1.29 is 9.18 Å². The van der Waals surface area contributed by atoms with Crippen molar-refractivity contribution >= 4 is 40.6 Å². The molecule has 1 amide bonds. The summed E-state index contributed by atoms with van der Waals surface area (Å²) in [5.41, 5.74) is 1.75. The first kappa shape index (κ1) is 23.3. The van der Waals surface area contributed by atoms with E-state index < -0.39 is 11.4 Å². The monoisotopic (exact) mass is 476 g/mol. The second-order valence-corrected chi connectivity index (χ2v) is 8.05. The van der Waals surface area contributed by atoms with Crippen molar-refractivity contribution in [2.45, 2.75) is 20.4 Å². The quantitative estimate of drug-likeness (QED) is 0.387. The summed E-state index contributed by atoms with van der Waals surface area (Å²) in [5.74, 6) is -0.220. The van der Waals surface area contributed by atoms with Crippen LogP contribution >= 0.6 is 11.6 Å². The van der Waals surface area contributed by atoms with E-state index in [9.17, 15) is 14.0 Å². The number of carbonyl (C=O) groups excluding carboxylic acids is 1. The van der Waals surface area contributed by atoms with Crippen molar-refractivity contribution in [1.82, 2.24) is 19.4 Å². The van der Waals surface area contributed by atoms with E-state index in [1.165, 1.54) is 29.7 Å². The van der Waals surface area contributed by atoms with E-state index in [-0.39, 0.29) is 11.3 Å². The van der Waals surface area contributed by atoms with Gasteiger partial charge in [0, 0.05) is 13.5 Å². The van der Waals surface area contributed by atoms with Crippen LogP contribution < -0.4 is 5.56 Å². The molecule has 172 valence electrons. The summed E-state index contributed by atoms with van der Waals surface area (Å²) < 4.78 is 15.2. The number of pyridine rings is 1. The number of para-hydroxylation sites is 1. The topological polar surface area (TPSA) is 68.1 Å². The zero-order valence-electron chi connectivity index (χ0n) is 18.7. The lowest BCUT2D eigenvalue weighted by Crippen LogP contribution is -2.28. The first-order chi connectivity index (χ1) is 16.4. The molecule has 0 saturated heterocycles. The zero-order valence-corrected chi connectivity index (χ0v) is 19.5. The molecule has 0 unspecified atom stereocenters. The summed E-state index contributed by atoms with van der Waals surface area (Å²) in [6.45, 7) is 4.43. The van der Waals surface area contributed by atoms with Crippen LogP contribution in [-0.2, 0) is 11.3 Å². The van der Waals surface area contributed by atoms with Gasteiger partial charge >= 0.3 is 0 Å². The van der Waals surface area contributed by atoms with Gasteiger partial charge in [-0.15, -0.1) is 0 Å². The van der Waals surface area contributed by atoms with E-state index in [0.29, 0.717) is 40.8 Å². The molecule has 0 atom stereocenters. The van der Waals surface area contributed by atoms with Crippen molar-refractivity contribution in [3.63, 3.8) is 0 Å². The first-order valence-corrected chi connectivity index (χ1v) is 11.1. The van der Waals surface area contributed by atoms with E-state index in [1.807, 2.05) is 25.1 Å². The van der Waals surface area contributed by atoms with Crippen LogP contribution in [0.15, 0.2) is 65.5 Å². The van der Waals surface area contributed by atoms with Gasteiger partial charge in [0.05, 0.1) is 39.5 Å². The summed E-state index contributed by atoms with van der Waals surface area (Å²) in [6.07, 6.45) is 3.40. The Bertz CT molecular complexity index is 1470. The Hall–Kier alpha value is -3.84. The molecular weight excluding hydrogens is 455 g/mol. The summed E-state index contributed by atoms with van der Waals surface area (Å²) in [6, 6.07) is 16.3. The number of aromatic nitrogens is 3. The Morgan fingerprint density at radius 1 is 1.09 bits per heavy atom. The molecule has 0 aliphatic rings. The molecule has 0 spiro atoms. The second kappa shape index (κ2) is 9.97. The minimum atomic E-state index is -0.520. The highest BCUT2D eigenvalue weighted by Gasteiger charge is 2.14. The van der Waals surface area contributed by atoms with E-state index >= 15 is 0 Å². The average molecular weight is 477 g/mol. The number of hydrogen-bond acceptors (Lipinski definition) is 4. The molecule has 34 heavy (non-hydrogen) atoms. The van der Waals surface area contributed by atoms with Crippen molar-refractivity contribution in [2.75, 3.05) is 6.54 Å². The van der Waals surface area contributed by atoms with Crippen LogP contribution in [0.25, 0.3) is 28.7 Å². The third-order valence-corrected chi connectivity index (χ3v) is 5.68. The number of nitrogens with zero attached hydrogens (tertiary/aromatic N) is 4. The van der Waals surface area contributed by atoms with Gasteiger partial charge in [0.1, 0.15) is 11.6 Å². The van der Waals surface area contributed by atoms with E-state index in [0.717, 1.165) is 5.69 Å². The van der Waals surface area contributed by atoms with Crippen LogP contribution in [0.1, 0.15) is 31.1 Å². The highest BCUT2D eigenvalue weighted by Crippen LogP contribution is 2.22. The van der Waals surface area contributed by atoms with Crippen LogP contribution in [0, 0.1) is 5.82 Å². The number of carbonyl (C=O) groups is 1. The number of halogens is 2. The first-order valence-electron chi connectivity index (χ1n) is 10.7. The molecule has 6 nitrogen and oxygen atoms in total. The SMILES string of the molecule is CCN(Cc1cccc(/C=C/c2nc3ccc(F)cc3c(=O)n2-c2ccccc2Cl)n1)C(C)=O. The molecule has 0 aliphatic heterocycles. The van der Waals surface area contributed by atoms with Crippen LogP contribution in [0.2, 0.25) is 5.02 Å². The molecular formula is C26H22ClFN4O2. The van der Waals surface area contributed by atoms with Gasteiger partial charge in [-0.3, -0.25) is 19.1 Å². The fraction of sp³-hybridized carbons (Fsp3) is 0.154. The van der Waals surface area contributed by atoms with Gasteiger partial charge in [-0.05, 0) is 61.5 Å². The van der Waals surface area contributed by atoms with Gasteiger partial charge in [0.15, 0.2) is 0 Å². The number of rotatable bonds is 6. The minimum Gasteiger partial charge on any atom is -0.337 e. The maximum Gasteiger partial charge on any atom is 0.266 e. The van der Waals surface area contributed by atoms with E-state index in [4.69, 9.17) is 11.6 Å². The number of amides is 1. The zero-order chi connectivity index (χ0) is 24.2. The Labute approximate surface area is 201 Å². The molecule has 0 saturated carbocycles. The van der Waals surface area contributed by atoms with Crippen molar-refractivity contribution in [2.24, 2.45) is 0 Å². The lowest BCUT2D eigenvalue weighted by Gasteiger charge is -2.18. The van der Waals surface area contributed by atoms with Gasteiger partial charge in [0.2, 0.25) is 5.91 Å². The average Bonchev–Trinajstić information content (AvgIpc) is 2.82. The molecule has 2 aromatic carbocycles. The Morgan fingerprint density at radius 3 is 2.62 bits per heavy atom. The molecule has 0 fully saturated rings. The van der Waals surface area contributed by atoms with Gasteiger partial charge in [-0.25, -0.2) is 9.37 Å². The second-order valence-electron chi connectivity index (χ2n) is 7.64. The normalized spacial score (nSPS) is 11.3. The van der Waals surface area contributed by atoms with Crippen molar-refractivity contribution in [1.29, 1.82) is 0 Å². The third kappa shape index (κ3) is 4.89. The largest absolute Gasteiger partial charge is 0.337 e. The molecule has 0 aliphatic carbocycles. The summed E-state index contributed by atoms with van der Waals surface area (Å²) in [5, 5.41) is 0.516. The molecule has 2 aromatic heterocycles. The van der Waals surface area contributed by atoms with E-state index in [2.05, 4.69) is 9.97 Å². The predicted octanol–water partition coefficient (Wildman–Crippen LogP) is 5.11. The molecule has 8 heteroatoms. The fourth-order valence-electron chi connectivity index (χ4n) is 3.63. The summed E-state index contributed by atoms with van der Waals surface area (Å²) in [4.78, 5) is 36.0. The smallest absolute Gasteiger partial charge is 0.266 e. The maximum atomic E-state index is 13.9. The van der Waals surface area contributed by atoms with Crippen LogP contribution in [0.5, 0.6) is 0 Å². The molecule has 2 heterocycles. The standard InChI is InChI=1S/C26H22ClFN4O2/c1-3-31(17(2)33)16-20-8-6-7-19(29-20)12-14-25-30-23-13-11-18(28)15-21(23)26(34)32(25)24-10-5-4-9-22(24)27/h4-15H,3,16H2,1-2H3/b14-12+. The summed E-state index contributed by atoms with van der Waals surface area (Å²) >= 11 is 6.38. The Morgan fingerprint density at radius 2 is 1.88 bits per heavy atom. The van der Waals surface area contributed by atoms with Gasteiger partial charge in [-0.2, -0.15) is 0 Å². The van der Waals surface area contributed by atoms with Crippen LogP contribution in [0.4, 0.5) is 4.39 Å². The highest BCUT2D eigenvalue weighted by molar-refractivity contribution is 6.32. The summed E-state index contributed by atoms with van der Waals surface area (Å²) in [7, 11) is 0. The van der Waals surface area contributed by atoms with Gasteiger partial charge in [-0.1, -0.05) is 29.8 Å². The molecule has 0 bridgehead atoms. The Kier molecular flexibility index (Phi) is 6.84. The Balaban J connectivity index is 1.81. The highest BCUT2D eigenvalue weighted by atomic mass is 35.5. The molecule has 0 radical (unpaired) electrons.